The summed E-state index contributed by atoms with van der Waals surface area (Å²) in [6.45, 7) is 5.34. The number of methoxy groups -OCH3 is 3. The molecule has 0 aromatic heterocycles. The summed E-state index contributed by atoms with van der Waals surface area (Å²) < 4.78 is 22.3. The molecule has 0 aliphatic carbocycles. The van der Waals surface area contributed by atoms with Crippen LogP contribution < -0.4 is 19.1 Å². The second-order valence-electron chi connectivity index (χ2n) is 8.49. The summed E-state index contributed by atoms with van der Waals surface area (Å²) in [6.07, 6.45) is 4.96. The maximum absolute atomic E-state index is 13.4. The lowest BCUT2D eigenvalue weighted by Gasteiger charge is -2.36. The van der Waals surface area contributed by atoms with Crippen LogP contribution in [0.15, 0.2) is 36.4 Å². The molecule has 7 heteroatoms. The minimum atomic E-state index is -0.0149. The zero-order chi connectivity index (χ0) is 24.3. The summed E-state index contributed by atoms with van der Waals surface area (Å²) in [7, 11) is 5.00. The Balaban J connectivity index is 1.73. The molecule has 0 N–H and O–H groups in total. The van der Waals surface area contributed by atoms with E-state index in [1.807, 2.05) is 40.1 Å². The topological polar surface area (TPSA) is 60.5 Å². The van der Waals surface area contributed by atoms with Gasteiger partial charge in [-0.15, -0.1) is 0 Å². The fraction of sp³-hybridized carbons (Fsp3) is 0.519. The molecule has 0 unspecified atom stereocenters. The van der Waals surface area contributed by atoms with Crippen LogP contribution in [0, 0.1) is 0 Å². The molecule has 0 atom stereocenters. The Morgan fingerprint density at radius 2 is 1.71 bits per heavy atom. The van der Waals surface area contributed by atoms with E-state index in [1.165, 1.54) is 0 Å². The predicted octanol–water partition coefficient (Wildman–Crippen LogP) is 5.29. The van der Waals surface area contributed by atoms with Gasteiger partial charge in [0.05, 0.1) is 34.0 Å². The third-order valence-electron chi connectivity index (χ3n) is 6.08. The minimum absolute atomic E-state index is 0.0149. The lowest BCUT2D eigenvalue weighted by molar-refractivity contribution is 0.191. The molecule has 1 aliphatic heterocycles. The SMILES string of the molecule is CCCCCOc1cc(N2CCCN(Cc3ccc(CCOC)cc3OC)C2=O)ccc1OC. The Bertz CT molecular complexity index is 933. The van der Waals surface area contributed by atoms with Crippen molar-refractivity contribution in [2.24, 2.45) is 0 Å². The van der Waals surface area contributed by atoms with Gasteiger partial charge < -0.3 is 23.8 Å². The van der Waals surface area contributed by atoms with Crippen LogP contribution in [0.5, 0.6) is 17.2 Å². The van der Waals surface area contributed by atoms with Crippen molar-refractivity contribution in [1.82, 2.24) is 4.90 Å². The van der Waals surface area contributed by atoms with E-state index in [2.05, 4.69) is 13.0 Å². The highest BCUT2D eigenvalue weighted by Gasteiger charge is 2.28. The van der Waals surface area contributed by atoms with E-state index in [1.54, 1.807) is 21.3 Å². The number of amides is 2. The van der Waals surface area contributed by atoms with Crippen molar-refractivity contribution in [3.05, 3.63) is 47.5 Å². The molecule has 3 rings (SSSR count). The Kier molecular flexibility index (Phi) is 9.89. The van der Waals surface area contributed by atoms with E-state index in [4.69, 9.17) is 18.9 Å². The molecule has 2 aromatic carbocycles. The number of hydrogen-bond donors (Lipinski definition) is 0. The normalized spacial score (nSPS) is 13.8. The van der Waals surface area contributed by atoms with Gasteiger partial charge >= 0.3 is 6.03 Å². The van der Waals surface area contributed by atoms with Crippen LogP contribution in [-0.2, 0) is 17.7 Å². The zero-order valence-electron chi connectivity index (χ0n) is 21.0. The largest absolute Gasteiger partial charge is 0.496 e. The lowest BCUT2D eigenvalue weighted by atomic mass is 10.1. The number of carbonyl (C=O) groups excluding carboxylic acids is 1. The first-order valence-electron chi connectivity index (χ1n) is 12.1. The number of carbonyl (C=O) groups is 1. The number of benzene rings is 2. The monoisotopic (exact) mass is 470 g/mol. The molecule has 1 fully saturated rings. The molecule has 0 spiro atoms. The van der Waals surface area contributed by atoms with Crippen LogP contribution in [0.1, 0.15) is 43.7 Å². The molecular formula is C27H38N2O5. The van der Waals surface area contributed by atoms with Crippen molar-refractivity contribution in [2.45, 2.75) is 45.6 Å². The van der Waals surface area contributed by atoms with Gasteiger partial charge in [-0.1, -0.05) is 31.9 Å². The van der Waals surface area contributed by atoms with Gasteiger partial charge in [0, 0.05) is 37.5 Å². The van der Waals surface area contributed by atoms with Crippen molar-refractivity contribution in [3.8, 4) is 17.2 Å². The van der Waals surface area contributed by atoms with Gasteiger partial charge in [0.2, 0.25) is 0 Å². The van der Waals surface area contributed by atoms with Gasteiger partial charge in [0.15, 0.2) is 11.5 Å². The van der Waals surface area contributed by atoms with Crippen molar-refractivity contribution >= 4 is 11.7 Å². The quantitative estimate of drug-likeness (QED) is 0.372. The second-order valence-corrected chi connectivity index (χ2v) is 8.49. The molecule has 0 bridgehead atoms. The fourth-order valence-electron chi connectivity index (χ4n) is 4.15. The van der Waals surface area contributed by atoms with Crippen molar-refractivity contribution in [2.75, 3.05) is 52.5 Å². The summed E-state index contributed by atoms with van der Waals surface area (Å²) in [5.41, 5.74) is 2.97. The summed E-state index contributed by atoms with van der Waals surface area (Å²) in [5.74, 6) is 2.15. The molecule has 7 nitrogen and oxygen atoms in total. The Hall–Kier alpha value is -2.93. The minimum Gasteiger partial charge on any atom is -0.496 e. The Labute approximate surface area is 203 Å². The number of urea groups is 1. The van der Waals surface area contributed by atoms with Crippen molar-refractivity contribution < 1.29 is 23.7 Å². The first-order chi connectivity index (χ1) is 16.6. The van der Waals surface area contributed by atoms with Gasteiger partial charge in [-0.05, 0) is 43.0 Å². The number of unbranched alkanes of at least 4 members (excludes halogenated alkanes) is 2. The molecule has 0 radical (unpaired) electrons. The number of ether oxygens (including phenoxy) is 4. The van der Waals surface area contributed by atoms with Gasteiger partial charge in [0.1, 0.15) is 5.75 Å². The van der Waals surface area contributed by atoms with Gasteiger partial charge in [-0.25, -0.2) is 4.79 Å². The fourth-order valence-corrected chi connectivity index (χ4v) is 4.15. The van der Waals surface area contributed by atoms with Crippen LogP contribution in [0.25, 0.3) is 0 Å². The van der Waals surface area contributed by atoms with Crippen molar-refractivity contribution in [3.63, 3.8) is 0 Å². The molecule has 186 valence electrons. The highest BCUT2D eigenvalue weighted by Crippen LogP contribution is 2.34. The smallest absolute Gasteiger partial charge is 0.324 e. The maximum Gasteiger partial charge on any atom is 0.324 e. The Morgan fingerprint density at radius 1 is 0.882 bits per heavy atom. The van der Waals surface area contributed by atoms with Crippen molar-refractivity contribution in [1.29, 1.82) is 0 Å². The molecule has 2 amide bonds. The average Bonchev–Trinajstić information content (AvgIpc) is 2.87. The number of nitrogens with zero attached hydrogens (tertiary/aromatic N) is 2. The zero-order valence-corrected chi connectivity index (χ0v) is 21.0. The van der Waals surface area contributed by atoms with Crippen LogP contribution in [0.2, 0.25) is 0 Å². The van der Waals surface area contributed by atoms with E-state index >= 15 is 0 Å². The number of rotatable bonds is 13. The highest BCUT2D eigenvalue weighted by atomic mass is 16.5. The molecule has 34 heavy (non-hydrogen) atoms. The van der Waals surface area contributed by atoms with E-state index < -0.39 is 0 Å². The second kappa shape index (κ2) is 13.1. The van der Waals surface area contributed by atoms with Gasteiger partial charge in [-0.3, -0.25) is 4.90 Å². The first-order valence-corrected chi connectivity index (χ1v) is 12.1. The average molecular weight is 471 g/mol. The third kappa shape index (κ3) is 6.56. The van der Waals surface area contributed by atoms with E-state index in [0.29, 0.717) is 44.3 Å². The summed E-state index contributed by atoms with van der Waals surface area (Å²) in [6, 6.07) is 11.9. The summed E-state index contributed by atoms with van der Waals surface area (Å²) >= 11 is 0. The first kappa shape index (κ1) is 25.7. The third-order valence-corrected chi connectivity index (χ3v) is 6.08. The van der Waals surface area contributed by atoms with Crippen LogP contribution in [-0.4, -0.2) is 58.6 Å². The lowest BCUT2D eigenvalue weighted by Crippen LogP contribution is -2.49. The highest BCUT2D eigenvalue weighted by molar-refractivity contribution is 5.93. The molecule has 1 aliphatic rings. The van der Waals surface area contributed by atoms with Crippen LogP contribution in [0.4, 0.5) is 10.5 Å². The molecule has 2 aromatic rings. The summed E-state index contributed by atoms with van der Waals surface area (Å²) in [5, 5.41) is 0. The molecule has 1 saturated heterocycles. The van der Waals surface area contributed by atoms with E-state index in [9.17, 15) is 4.79 Å². The predicted molar refractivity (Wildman–Crippen MR) is 134 cm³/mol. The Morgan fingerprint density at radius 3 is 2.44 bits per heavy atom. The van der Waals surface area contributed by atoms with Gasteiger partial charge in [0.25, 0.3) is 0 Å². The van der Waals surface area contributed by atoms with E-state index in [0.717, 1.165) is 54.7 Å². The van der Waals surface area contributed by atoms with E-state index in [-0.39, 0.29) is 6.03 Å². The maximum atomic E-state index is 13.4. The molecular weight excluding hydrogens is 432 g/mol. The number of anilines is 1. The molecule has 1 heterocycles. The van der Waals surface area contributed by atoms with Crippen LogP contribution >= 0.6 is 0 Å². The van der Waals surface area contributed by atoms with Gasteiger partial charge in [-0.2, -0.15) is 0 Å². The van der Waals surface area contributed by atoms with Crippen LogP contribution in [0.3, 0.4) is 0 Å². The standard InChI is InChI=1S/C27H38N2O5/c1-5-6-7-16-34-26-19-23(11-12-24(26)32-3)29-15-8-14-28(27(29)30)20-22-10-9-21(13-17-31-2)18-25(22)33-4/h9-12,18-19H,5-8,13-17,20H2,1-4H3. The molecule has 0 saturated carbocycles. The summed E-state index contributed by atoms with van der Waals surface area (Å²) in [4.78, 5) is 17.1. The number of hydrogen-bond acceptors (Lipinski definition) is 5.